The quantitative estimate of drug-likeness (QED) is 0.722. The lowest BCUT2D eigenvalue weighted by Gasteiger charge is -2.24. The second-order valence-corrected chi connectivity index (χ2v) is 7.84. The Hall–Kier alpha value is -1.48. The predicted molar refractivity (Wildman–Crippen MR) is 84.0 cm³/mol. The maximum atomic E-state index is 12.8. The average Bonchev–Trinajstić information content (AvgIpc) is 2.74. The molecule has 0 spiro atoms. The normalized spacial score (nSPS) is 19.8. The van der Waals surface area contributed by atoms with Crippen LogP contribution in [0.15, 0.2) is 28.7 Å². The Balaban J connectivity index is 2.15. The zero-order valence-corrected chi connectivity index (χ0v) is 14.4. The van der Waals surface area contributed by atoms with Crippen LogP contribution in [0.1, 0.15) is 12.0 Å². The number of nitrogens with zero attached hydrogens (tertiary/aromatic N) is 1. The van der Waals surface area contributed by atoms with Crippen molar-refractivity contribution in [1.82, 2.24) is 4.90 Å². The summed E-state index contributed by atoms with van der Waals surface area (Å²) < 4.78 is 35.0. The van der Waals surface area contributed by atoms with Crippen LogP contribution in [-0.2, 0) is 26.2 Å². The highest BCUT2D eigenvalue weighted by atomic mass is 79.9. The van der Waals surface area contributed by atoms with Crippen LogP contribution in [0, 0.1) is 5.92 Å². The number of aliphatic carboxylic acids is 1. The van der Waals surface area contributed by atoms with Gasteiger partial charge in [0.1, 0.15) is 6.04 Å². The molecule has 1 fully saturated rings. The van der Waals surface area contributed by atoms with E-state index >= 15 is 0 Å². The van der Waals surface area contributed by atoms with E-state index in [0.717, 1.165) is 14.9 Å². The first kappa shape index (κ1) is 17.9. The lowest BCUT2D eigenvalue weighted by atomic mass is 10.0. The van der Waals surface area contributed by atoms with Gasteiger partial charge in [0, 0.05) is 29.8 Å². The Bertz CT molecular complexity index is 724. The van der Waals surface area contributed by atoms with Gasteiger partial charge in [0.25, 0.3) is 0 Å². The first-order chi connectivity index (χ1) is 10.7. The Labute approximate surface area is 141 Å². The standard InChI is InChI=1S/C14H15BrFNO5S/c15-11-3-1-2-9(4-11)5-12(14(19)20)17-7-10(6-13(17)18)8-23(16,21)22/h1-4,10,12H,5-8H2,(H,19,20)/t10?,12-/m0/s1. The molecule has 9 heteroatoms. The second-order valence-electron chi connectivity index (χ2n) is 5.51. The number of carboxylic acid groups (broad SMARTS) is 1. The van der Waals surface area contributed by atoms with Gasteiger partial charge in [0.2, 0.25) is 5.91 Å². The van der Waals surface area contributed by atoms with E-state index in [1.165, 1.54) is 0 Å². The monoisotopic (exact) mass is 407 g/mol. The van der Waals surface area contributed by atoms with E-state index in [2.05, 4.69) is 15.9 Å². The highest BCUT2D eigenvalue weighted by molar-refractivity contribution is 9.10. The lowest BCUT2D eigenvalue weighted by Crippen LogP contribution is -2.43. The predicted octanol–water partition coefficient (Wildman–Crippen LogP) is 1.59. The summed E-state index contributed by atoms with van der Waals surface area (Å²) in [6.07, 6.45) is -0.0684. The molecule has 1 heterocycles. The molecule has 1 saturated heterocycles. The molecule has 1 aromatic carbocycles. The van der Waals surface area contributed by atoms with Gasteiger partial charge >= 0.3 is 16.2 Å². The molecule has 0 bridgehead atoms. The van der Waals surface area contributed by atoms with Crippen LogP contribution in [0.25, 0.3) is 0 Å². The van der Waals surface area contributed by atoms with Crippen LogP contribution < -0.4 is 0 Å². The Morgan fingerprint density at radius 3 is 2.74 bits per heavy atom. The Morgan fingerprint density at radius 2 is 2.17 bits per heavy atom. The minimum Gasteiger partial charge on any atom is -0.480 e. The molecule has 0 aromatic heterocycles. The van der Waals surface area contributed by atoms with Crippen LogP contribution in [0.3, 0.4) is 0 Å². The molecular weight excluding hydrogens is 393 g/mol. The lowest BCUT2D eigenvalue weighted by molar-refractivity contribution is -0.148. The van der Waals surface area contributed by atoms with Crippen LogP contribution in [0.4, 0.5) is 3.89 Å². The Morgan fingerprint density at radius 1 is 1.48 bits per heavy atom. The number of likely N-dealkylation sites (tertiary alicyclic amines) is 1. The number of hydrogen-bond acceptors (Lipinski definition) is 4. The summed E-state index contributed by atoms with van der Waals surface area (Å²) in [6, 6.07) is 5.93. The smallest absolute Gasteiger partial charge is 0.326 e. The first-order valence-corrected chi connectivity index (χ1v) is 9.19. The molecular formula is C14H15BrFNO5S. The Kier molecular flexibility index (Phi) is 5.41. The molecule has 0 saturated carbocycles. The zero-order chi connectivity index (χ0) is 17.2. The zero-order valence-electron chi connectivity index (χ0n) is 12.0. The molecule has 2 rings (SSSR count). The summed E-state index contributed by atoms with van der Waals surface area (Å²) in [5.41, 5.74) is 0.723. The summed E-state index contributed by atoms with van der Waals surface area (Å²) in [5.74, 6) is -3.14. The molecule has 1 amide bonds. The maximum Gasteiger partial charge on any atom is 0.326 e. The highest BCUT2D eigenvalue weighted by Gasteiger charge is 2.39. The number of benzene rings is 1. The number of carbonyl (C=O) groups excluding carboxylic acids is 1. The van der Waals surface area contributed by atoms with Gasteiger partial charge in [0.15, 0.2) is 0 Å². The minimum absolute atomic E-state index is 0.0764. The molecule has 1 aliphatic heterocycles. The van der Waals surface area contributed by atoms with Crippen molar-refractivity contribution in [2.24, 2.45) is 5.92 Å². The van der Waals surface area contributed by atoms with Gasteiger partial charge in [-0.15, -0.1) is 3.89 Å². The van der Waals surface area contributed by atoms with Crippen LogP contribution >= 0.6 is 15.9 Å². The van der Waals surface area contributed by atoms with Gasteiger partial charge in [-0.05, 0) is 17.7 Å². The molecule has 1 unspecified atom stereocenters. The fraction of sp³-hybridized carbons (Fsp3) is 0.429. The SMILES string of the molecule is O=C(O)[C@H](Cc1cccc(Br)c1)N1CC(CS(=O)(=O)F)CC1=O. The molecule has 0 aliphatic carbocycles. The van der Waals surface area contributed by atoms with E-state index < -0.39 is 39.8 Å². The summed E-state index contributed by atoms with van der Waals surface area (Å²) in [7, 11) is -4.70. The van der Waals surface area contributed by atoms with Crippen molar-refractivity contribution in [1.29, 1.82) is 0 Å². The fourth-order valence-corrected chi connectivity index (χ4v) is 3.95. The fourth-order valence-electron chi connectivity index (χ4n) is 2.72. The molecule has 0 radical (unpaired) electrons. The van der Waals surface area contributed by atoms with Gasteiger partial charge in [-0.25, -0.2) is 4.79 Å². The summed E-state index contributed by atoms with van der Waals surface area (Å²) in [5, 5.41) is 9.40. The molecule has 6 nitrogen and oxygen atoms in total. The van der Waals surface area contributed by atoms with Crippen molar-refractivity contribution in [2.45, 2.75) is 18.9 Å². The van der Waals surface area contributed by atoms with E-state index in [1.54, 1.807) is 24.3 Å². The van der Waals surface area contributed by atoms with Crippen LogP contribution in [0.2, 0.25) is 0 Å². The third-order valence-electron chi connectivity index (χ3n) is 3.65. The average molecular weight is 408 g/mol. The van der Waals surface area contributed by atoms with E-state index in [1.807, 2.05) is 0 Å². The topological polar surface area (TPSA) is 91.8 Å². The van der Waals surface area contributed by atoms with Gasteiger partial charge in [-0.1, -0.05) is 28.1 Å². The van der Waals surface area contributed by atoms with Crippen LogP contribution in [0.5, 0.6) is 0 Å². The minimum atomic E-state index is -4.70. The van der Waals surface area contributed by atoms with Gasteiger partial charge in [0.05, 0.1) is 5.75 Å². The molecule has 23 heavy (non-hydrogen) atoms. The summed E-state index contributed by atoms with van der Waals surface area (Å²) in [6.45, 7) is -0.0764. The molecule has 1 N–H and O–H groups in total. The number of carboxylic acids is 1. The third kappa shape index (κ3) is 5.00. The van der Waals surface area contributed by atoms with Crippen molar-refractivity contribution in [2.75, 3.05) is 12.3 Å². The first-order valence-electron chi connectivity index (χ1n) is 6.85. The van der Waals surface area contributed by atoms with Crippen molar-refractivity contribution in [3.63, 3.8) is 0 Å². The van der Waals surface area contributed by atoms with Crippen molar-refractivity contribution in [3.05, 3.63) is 34.3 Å². The maximum absolute atomic E-state index is 12.8. The largest absolute Gasteiger partial charge is 0.480 e. The third-order valence-corrected chi connectivity index (χ3v) is 5.02. The number of rotatable bonds is 6. The molecule has 1 aliphatic rings. The van der Waals surface area contributed by atoms with E-state index in [0.29, 0.717) is 0 Å². The number of hydrogen-bond donors (Lipinski definition) is 1. The number of carbonyl (C=O) groups is 2. The molecule has 2 atom stereocenters. The summed E-state index contributed by atoms with van der Waals surface area (Å²) in [4.78, 5) is 24.6. The van der Waals surface area contributed by atoms with Gasteiger partial charge < -0.3 is 10.0 Å². The highest BCUT2D eigenvalue weighted by Crippen LogP contribution is 2.24. The number of halogens is 2. The number of amides is 1. The van der Waals surface area contributed by atoms with Crippen molar-refractivity contribution >= 4 is 38.0 Å². The van der Waals surface area contributed by atoms with E-state index in [4.69, 9.17) is 0 Å². The van der Waals surface area contributed by atoms with E-state index in [9.17, 15) is 27.0 Å². The van der Waals surface area contributed by atoms with E-state index in [-0.39, 0.29) is 19.4 Å². The van der Waals surface area contributed by atoms with Crippen LogP contribution in [-0.4, -0.2) is 48.6 Å². The van der Waals surface area contributed by atoms with Gasteiger partial charge in [-0.3, -0.25) is 4.79 Å². The van der Waals surface area contributed by atoms with Crippen molar-refractivity contribution < 1.29 is 27.0 Å². The second kappa shape index (κ2) is 6.96. The van der Waals surface area contributed by atoms with Gasteiger partial charge in [-0.2, -0.15) is 8.42 Å². The molecule has 126 valence electrons. The molecule has 1 aromatic rings. The van der Waals surface area contributed by atoms with Crippen molar-refractivity contribution in [3.8, 4) is 0 Å². The summed E-state index contributed by atoms with van der Waals surface area (Å²) >= 11 is 3.29.